The number of fused-ring (bicyclic) bond motifs is 1. The van der Waals surface area contributed by atoms with Crippen molar-refractivity contribution in [3.05, 3.63) is 46.0 Å². The van der Waals surface area contributed by atoms with Crippen molar-refractivity contribution in [3.63, 3.8) is 0 Å². The monoisotopic (exact) mass is 237 g/mol. The van der Waals surface area contributed by atoms with Crippen molar-refractivity contribution in [1.82, 2.24) is 4.57 Å². The predicted molar refractivity (Wildman–Crippen MR) is 66.4 cm³/mol. The topological polar surface area (TPSA) is 22.0 Å². The van der Waals surface area contributed by atoms with Crippen LogP contribution in [-0.2, 0) is 12.8 Å². The van der Waals surface area contributed by atoms with Crippen molar-refractivity contribution >= 4 is 22.7 Å². The van der Waals surface area contributed by atoms with Crippen LogP contribution in [0, 0.1) is 5.82 Å². The Kier molecular flexibility index (Phi) is 3.01. The highest BCUT2D eigenvalue weighted by atomic mass is 32.2. The molecule has 0 spiro atoms. The van der Waals surface area contributed by atoms with Crippen LogP contribution in [0.1, 0.15) is 5.56 Å². The van der Waals surface area contributed by atoms with Crippen molar-refractivity contribution in [2.45, 2.75) is 5.75 Å². The summed E-state index contributed by atoms with van der Waals surface area (Å²) in [5, 5.41) is 0.579. The Hall–Kier alpha value is -1.29. The van der Waals surface area contributed by atoms with E-state index in [1.807, 2.05) is 13.3 Å². The quantitative estimate of drug-likeness (QED) is 0.800. The zero-order chi connectivity index (χ0) is 11.7. The maximum atomic E-state index is 13.1. The van der Waals surface area contributed by atoms with E-state index >= 15 is 0 Å². The zero-order valence-electron chi connectivity index (χ0n) is 9.16. The number of aryl methyl sites for hydroxylation is 1. The number of aromatic nitrogens is 1. The predicted octanol–water partition coefficient (Wildman–Crippen LogP) is 2.54. The van der Waals surface area contributed by atoms with Gasteiger partial charge in [0.15, 0.2) is 5.43 Å². The lowest BCUT2D eigenvalue weighted by Crippen LogP contribution is -2.12. The molecule has 0 radical (unpaired) electrons. The summed E-state index contributed by atoms with van der Waals surface area (Å²) >= 11 is 1.60. The maximum absolute atomic E-state index is 13.1. The Balaban J connectivity index is 2.79. The highest BCUT2D eigenvalue weighted by Crippen LogP contribution is 2.14. The molecule has 2 aromatic rings. The average molecular weight is 237 g/mol. The standard InChI is InChI=1S/C12H12FNOS/c1-14-6-8(7-16-2)12(15)10-4-3-9(13)5-11(10)14/h3-6H,7H2,1-2H3. The molecule has 84 valence electrons. The fourth-order valence-corrected chi connectivity index (χ4v) is 2.30. The summed E-state index contributed by atoms with van der Waals surface area (Å²) in [6, 6.07) is 4.27. The van der Waals surface area contributed by atoms with Crippen LogP contribution in [0.4, 0.5) is 4.39 Å². The lowest BCUT2D eigenvalue weighted by molar-refractivity contribution is 0.628. The van der Waals surface area contributed by atoms with E-state index in [9.17, 15) is 9.18 Å². The molecule has 0 aliphatic rings. The van der Waals surface area contributed by atoms with E-state index in [2.05, 4.69) is 0 Å². The van der Waals surface area contributed by atoms with Gasteiger partial charge in [0.1, 0.15) is 5.82 Å². The summed E-state index contributed by atoms with van der Waals surface area (Å²) in [7, 11) is 1.82. The first-order chi connectivity index (χ1) is 7.63. The third-order valence-corrected chi connectivity index (χ3v) is 3.13. The van der Waals surface area contributed by atoms with E-state index in [0.29, 0.717) is 16.7 Å². The van der Waals surface area contributed by atoms with Gasteiger partial charge in [-0.25, -0.2) is 4.39 Å². The van der Waals surface area contributed by atoms with E-state index in [0.717, 1.165) is 5.56 Å². The third-order valence-electron chi connectivity index (χ3n) is 2.53. The molecule has 0 saturated carbocycles. The normalized spacial score (nSPS) is 10.9. The van der Waals surface area contributed by atoms with E-state index in [4.69, 9.17) is 0 Å². The Labute approximate surface area is 97.1 Å². The van der Waals surface area contributed by atoms with Crippen molar-refractivity contribution in [2.75, 3.05) is 6.26 Å². The van der Waals surface area contributed by atoms with Gasteiger partial charge < -0.3 is 4.57 Å². The lowest BCUT2D eigenvalue weighted by Gasteiger charge is -2.08. The minimum atomic E-state index is -0.319. The third kappa shape index (κ3) is 1.85. The molecule has 0 saturated heterocycles. The number of nitrogens with zero attached hydrogens (tertiary/aromatic N) is 1. The molecule has 0 fully saturated rings. The zero-order valence-corrected chi connectivity index (χ0v) is 9.97. The number of rotatable bonds is 2. The number of halogens is 1. The van der Waals surface area contributed by atoms with Crippen molar-refractivity contribution in [1.29, 1.82) is 0 Å². The number of hydrogen-bond acceptors (Lipinski definition) is 2. The summed E-state index contributed by atoms with van der Waals surface area (Å²) in [4.78, 5) is 12.0. The average Bonchev–Trinajstić information content (AvgIpc) is 2.26. The number of thioether (sulfide) groups is 1. The Morgan fingerprint density at radius 1 is 1.44 bits per heavy atom. The van der Waals surface area contributed by atoms with Gasteiger partial charge in [0.25, 0.3) is 0 Å². The molecule has 0 atom stereocenters. The maximum Gasteiger partial charge on any atom is 0.193 e. The molecule has 0 unspecified atom stereocenters. The van der Waals surface area contributed by atoms with E-state index in [-0.39, 0.29) is 11.2 Å². The van der Waals surface area contributed by atoms with Crippen LogP contribution in [0.5, 0.6) is 0 Å². The van der Waals surface area contributed by atoms with Gasteiger partial charge in [-0.2, -0.15) is 11.8 Å². The van der Waals surface area contributed by atoms with Crippen LogP contribution in [0.2, 0.25) is 0 Å². The molecule has 0 aliphatic carbocycles. The molecule has 0 bridgehead atoms. The van der Waals surface area contributed by atoms with E-state index < -0.39 is 0 Å². The summed E-state index contributed by atoms with van der Waals surface area (Å²) in [6.07, 6.45) is 3.73. The van der Waals surface area contributed by atoms with Gasteiger partial charge in [-0.05, 0) is 24.5 Å². The lowest BCUT2D eigenvalue weighted by atomic mass is 10.1. The van der Waals surface area contributed by atoms with Gasteiger partial charge >= 0.3 is 0 Å². The smallest absolute Gasteiger partial charge is 0.193 e. The van der Waals surface area contributed by atoms with E-state index in [1.54, 1.807) is 28.6 Å². The van der Waals surface area contributed by atoms with Crippen LogP contribution in [0.25, 0.3) is 10.9 Å². The Morgan fingerprint density at radius 3 is 2.88 bits per heavy atom. The van der Waals surface area contributed by atoms with Gasteiger partial charge in [-0.3, -0.25) is 4.79 Å². The van der Waals surface area contributed by atoms with Gasteiger partial charge in [0.05, 0.1) is 5.52 Å². The highest BCUT2D eigenvalue weighted by Gasteiger charge is 2.07. The second-order valence-corrected chi connectivity index (χ2v) is 4.55. The van der Waals surface area contributed by atoms with Gasteiger partial charge in [-0.15, -0.1) is 0 Å². The van der Waals surface area contributed by atoms with Gasteiger partial charge in [0.2, 0.25) is 0 Å². The molecular formula is C12H12FNOS. The molecule has 1 aromatic carbocycles. The SMILES string of the molecule is CSCc1cn(C)c2cc(F)ccc2c1=O. The number of pyridine rings is 1. The molecule has 4 heteroatoms. The van der Waals surface area contributed by atoms with Gasteiger partial charge in [-0.1, -0.05) is 0 Å². The molecule has 0 aliphatic heterocycles. The molecule has 0 N–H and O–H groups in total. The number of benzene rings is 1. The highest BCUT2D eigenvalue weighted by molar-refractivity contribution is 7.97. The fourth-order valence-electron chi connectivity index (χ4n) is 1.78. The molecule has 1 heterocycles. The Morgan fingerprint density at radius 2 is 2.19 bits per heavy atom. The van der Waals surface area contributed by atoms with Crippen LogP contribution >= 0.6 is 11.8 Å². The summed E-state index contributed by atoms with van der Waals surface area (Å²) in [5.41, 5.74) is 1.39. The molecule has 16 heavy (non-hydrogen) atoms. The second kappa shape index (κ2) is 4.29. The largest absolute Gasteiger partial charge is 0.350 e. The van der Waals surface area contributed by atoms with Crippen molar-refractivity contribution in [3.8, 4) is 0 Å². The Bertz CT molecular complexity index is 591. The summed E-state index contributed by atoms with van der Waals surface area (Å²) < 4.78 is 14.9. The first kappa shape index (κ1) is 11.2. The first-order valence-corrected chi connectivity index (χ1v) is 6.29. The molecule has 0 amide bonds. The molecule has 1 aromatic heterocycles. The van der Waals surface area contributed by atoms with Crippen LogP contribution in [0.3, 0.4) is 0 Å². The minimum absolute atomic E-state index is 0.00227. The second-order valence-electron chi connectivity index (χ2n) is 3.69. The van der Waals surface area contributed by atoms with Crippen LogP contribution < -0.4 is 5.43 Å². The summed E-state index contributed by atoms with van der Waals surface area (Å²) in [6.45, 7) is 0. The van der Waals surface area contributed by atoms with Crippen LogP contribution in [0.15, 0.2) is 29.2 Å². The van der Waals surface area contributed by atoms with Crippen molar-refractivity contribution < 1.29 is 4.39 Å². The molecule has 2 rings (SSSR count). The summed E-state index contributed by atoms with van der Waals surface area (Å²) in [5.74, 6) is 0.361. The molecule has 2 nitrogen and oxygen atoms in total. The number of hydrogen-bond donors (Lipinski definition) is 0. The molecular weight excluding hydrogens is 225 g/mol. The van der Waals surface area contributed by atoms with Gasteiger partial charge in [0, 0.05) is 29.9 Å². The first-order valence-electron chi connectivity index (χ1n) is 4.90. The van der Waals surface area contributed by atoms with E-state index in [1.165, 1.54) is 12.1 Å². The minimum Gasteiger partial charge on any atom is -0.350 e. The van der Waals surface area contributed by atoms with Crippen LogP contribution in [-0.4, -0.2) is 10.8 Å². The fraction of sp³-hybridized carbons (Fsp3) is 0.250. The van der Waals surface area contributed by atoms with Crippen molar-refractivity contribution in [2.24, 2.45) is 7.05 Å².